The lowest BCUT2D eigenvalue weighted by Crippen LogP contribution is -2.44. The molecule has 2 saturated heterocycles. The summed E-state index contributed by atoms with van der Waals surface area (Å²) in [6.45, 7) is 5.26. The van der Waals surface area contributed by atoms with Gasteiger partial charge in [0.15, 0.2) is 0 Å². The number of hydrazine groups is 1. The van der Waals surface area contributed by atoms with Crippen molar-refractivity contribution < 1.29 is 5.11 Å². The number of β-amino-alcohol motifs (C(OH)–C–C–N with tert-alkyl or cyclic N) is 1. The molecule has 17 heavy (non-hydrogen) atoms. The van der Waals surface area contributed by atoms with E-state index in [0.717, 1.165) is 57.4 Å². The molecule has 2 aliphatic heterocycles. The number of nitrogens with zero attached hydrogens (tertiary/aromatic N) is 2. The van der Waals surface area contributed by atoms with Crippen LogP contribution in [0.5, 0.6) is 0 Å². The molecule has 3 N–H and O–H groups in total. The molecule has 1 aliphatic carbocycles. The van der Waals surface area contributed by atoms with Crippen LogP contribution in [0.3, 0.4) is 0 Å². The van der Waals surface area contributed by atoms with Gasteiger partial charge in [0.25, 0.3) is 0 Å². The van der Waals surface area contributed by atoms with Gasteiger partial charge in [-0.25, -0.2) is 5.01 Å². The van der Waals surface area contributed by atoms with Gasteiger partial charge in [-0.05, 0) is 24.7 Å². The Bertz CT molecular complexity index is 264. The quantitative estimate of drug-likeness (QED) is 0.686. The number of aliphatic hydroxyl groups is 1. The molecule has 0 amide bonds. The molecule has 4 heteroatoms. The molecular weight excluding hydrogens is 214 g/mol. The third-order valence-electron chi connectivity index (χ3n) is 4.89. The van der Waals surface area contributed by atoms with Gasteiger partial charge in [-0.15, -0.1) is 0 Å². The Morgan fingerprint density at radius 3 is 2.18 bits per heavy atom. The molecule has 4 nitrogen and oxygen atoms in total. The van der Waals surface area contributed by atoms with Crippen molar-refractivity contribution in [3.8, 4) is 0 Å². The Labute approximate surface area is 104 Å². The van der Waals surface area contributed by atoms with E-state index in [1.54, 1.807) is 0 Å². The summed E-state index contributed by atoms with van der Waals surface area (Å²) in [4.78, 5) is 2.48. The van der Waals surface area contributed by atoms with Crippen LogP contribution in [0, 0.1) is 11.8 Å². The van der Waals surface area contributed by atoms with Crippen molar-refractivity contribution in [1.82, 2.24) is 9.91 Å². The average Bonchev–Trinajstić information content (AvgIpc) is 2.74. The molecule has 1 saturated carbocycles. The van der Waals surface area contributed by atoms with Crippen molar-refractivity contribution in [2.45, 2.75) is 37.7 Å². The van der Waals surface area contributed by atoms with Crippen LogP contribution >= 0.6 is 0 Å². The normalized spacial score (nSPS) is 38.5. The highest BCUT2D eigenvalue weighted by atomic mass is 16.3. The number of hydrogen-bond acceptors (Lipinski definition) is 4. The minimum atomic E-state index is -0.390. The number of fused-ring (bicyclic) bond motifs is 1. The molecule has 0 aromatic carbocycles. The van der Waals surface area contributed by atoms with Crippen LogP contribution in [0.4, 0.5) is 0 Å². The summed E-state index contributed by atoms with van der Waals surface area (Å²) >= 11 is 0. The number of hydrogen-bond donors (Lipinski definition) is 2. The molecule has 0 radical (unpaired) electrons. The topological polar surface area (TPSA) is 52.7 Å². The molecule has 3 aliphatic rings. The standard InChI is InChI=1S/C13H25N3O/c14-16-8-11-6-15(7-12(11)9-16)10-13(17)4-2-1-3-5-13/h11-12,17H,1-10,14H2/t11-,12+. The average molecular weight is 239 g/mol. The fraction of sp³-hybridized carbons (Fsp3) is 1.00. The second-order valence-corrected chi connectivity index (χ2v) is 6.45. The van der Waals surface area contributed by atoms with Gasteiger partial charge in [0.2, 0.25) is 0 Å². The summed E-state index contributed by atoms with van der Waals surface area (Å²) in [7, 11) is 0. The van der Waals surface area contributed by atoms with Gasteiger partial charge in [0.05, 0.1) is 5.60 Å². The number of rotatable bonds is 2. The van der Waals surface area contributed by atoms with Gasteiger partial charge in [0.1, 0.15) is 0 Å². The summed E-state index contributed by atoms with van der Waals surface area (Å²) in [5, 5.41) is 12.5. The largest absolute Gasteiger partial charge is 0.389 e. The van der Waals surface area contributed by atoms with E-state index in [0.29, 0.717) is 0 Å². The van der Waals surface area contributed by atoms with Crippen molar-refractivity contribution >= 4 is 0 Å². The zero-order valence-corrected chi connectivity index (χ0v) is 10.6. The summed E-state index contributed by atoms with van der Waals surface area (Å²) in [6.07, 6.45) is 5.71. The Kier molecular flexibility index (Phi) is 3.15. The van der Waals surface area contributed by atoms with E-state index in [9.17, 15) is 5.11 Å². The van der Waals surface area contributed by atoms with E-state index >= 15 is 0 Å². The fourth-order valence-electron chi connectivity index (χ4n) is 4.04. The van der Waals surface area contributed by atoms with Gasteiger partial charge in [0, 0.05) is 32.7 Å². The summed E-state index contributed by atoms with van der Waals surface area (Å²) in [5.41, 5.74) is -0.390. The van der Waals surface area contributed by atoms with E-state index in [4.69, 9.17) is 5.84 Å². The van der Waals surface area contributed by atoms with Crippen LogP contribution in [0.25, 0.3) is 0 Å². The molecule has 3 fully saturated rings. The highest BCUT2D eigenvalue weighted by Crippen LogP contribution is 2.34. The maximum absolute atomic E-state index is 10.6. The second kappa shape index (κ2) is 4.50. The van der Waals surface area contributed by atoms with Crippen LogP contribution in [-0.2, 0) is 0 Å². The predicted molar refractivity (Wildman–Crippen MR) is 67.2 cm³/mol. The predicted octanol–water partition coefficient (Wildman–Crippen LogP) is 0.419. The third-order valence-corrected chi connectivity index (χ3v) is 4.89. The summed E-state index contributed by atoms with van der Waals surface area (Å²) in [5.74, 6) is 7.33. The first-order valence-electron chi connectivity index (χ1n) is 7.09. The third kappa shape index (κ3) is 2.50. The van der Waals surface area contributed by atoms with E-state index in [-0.39, 0.29) is 5.60 Å². The van der Waals surface area contributed by atoms with Crippen LogP contribution in [0.1, 0.15) is 32.1 Å². The molecular formula is C13H25N3O. The Hall–Kier alpha value is -0.160. The van der Waals surface area contributed by atoms with Gasteiger partial charge in [-0.2, -0.15) is 0 Å². The maximum atomic E-state index is 10.6. The van der Waals surface area contributed by atoms with Gasteiger partial charge < -0.3 is 5.11 Å². The molecule has 0 aromatic rings. The monoisotopic (exact) mass is 239 g/mol. The molecule has 0 spiro atoms. The number of likely N-dealkylation sites (tertiary alicyclic amines) is 1. The van der Waals surface area contributed by atoms with Gasteiger partial charge >= 0.3 is 0 Å². The maximum Gasteiger partial charge on any atom is 0.0774 e. The first kappa shape index (κ1) is 11.9. The SMILES string of the molecule is NN1C[C@@H]2CN(CC3(O)CCCCC3)C[C@@H]2C1. The first-order valence-corrected chi connectivity index (χ1v) is 7.09. The fourth-order valence-corrected chi connectivity index (χ4v) is 4.04. The lowest BCUT2D eigenvalue weighted by molar-refractivity contribution is -0.0233. The summed E-state index contributed by atoms with van der Waals surface area (Å²) in [6, 6.07) is 0. The van der Waals surface area contributed by atoms with Crippen LogP contribution in [0.15, 0.2) is 0 Å². The van der Waals surface area contributed by atoms with Crippen LogP contribution in [0.2, 0.25) is 0 Å². The zero-order valence-electron chi connectivity index (χ0n) is 10.6. The molecule has 2 heterocycles. The highest BCUT2D eigenvalue weighted by molar-refractivity contribution is 4.95. The minimum absolute atomic E-state index is 0.390. The van der Waals surface area contributed by atoms with E-state index in [2.05, 4.69) is 4.90 Å². The van der Waals surface area contributed by atoms with Gasteiger partial charge in [-0.3, -0.25) is 10.7 Å². The Morgan fingerprint density at radius 2 is 1.59 bits per heavy atom. The lowest BCUT2D eigenvalue weighted by Gasteiger charge is -2.36. The molecule has 98 valence electrons. The van der Waals surface area contributed by atoms with Crippen LogP contribution in [-0.4, -0.2) is 53.3 Å². The minimum Gasteiger partial charge on any atom is -0.389 e. The van der Waals surface area contributed by atoms with E-state index < -0.39 is 0 Å². The van der Waals surface area contributed by atoms with Crippen molar-refractivity contribution in [2.24, 2.45) is 17.7 Å². The Morgan fingerprint density at radius 1 is 1.00 bits per heavy atom. The molecule has 0 bridgehead atoms. The molecule has 0 unspecified atom stereocenters. The van der Waals surface area contributed by atoms with Crippen molar-refractivity contribution in [2.75, 3.05) is 32.7 Å². The Balaban J connectivity index is 1.54. The van der Waals surface area contributed by atoms with Gasteiger partial charge in [-0.1, -0.05) is 19.3 Å². The van der Waals surface area contributed by atoms with E-state index in [1.807, 2.05) is 5.01 Å². The smallest absolute Gasteiger partial charge is 0.0774 e. The summed E-state index contributed by atoms with van der Waals surface area (Å²) < 4.78 is 0. The lowest BCUT2D eigenvalue weighted by atomic mass is 9.84. The van der Waals surface area contributed by atoms with Crippen LogP contribution < -0.4 is 5.84 Å². The number of nitrogens with two attached hydrogens (primary N) is 1. The first-order chi connectivity index (χ1) is 8.15. The van der Waals surface area contributed by atoms with Crippen molar-refractivity contribution in [3.63, 3.8) is 0 Å². The van der Waals surface area contributed by atoms with Crippen molar-refractivity contribution in [1.29, 1.82) is 0 Å². The molecule has 0 aromatic heterocycles. The van der Waals surface area contributed by atoms with Crippen molar-refractivity contribution in [3.05, 3.63) is 0 Å². The highest BCUT2D eigenvalue weighted by Gasteiger charge is 2.41. The zero-order chi connectivity index (χ0) is 11.9. The van der Waals surface area contributed by atoms with E-state index in [1.165, 1.54) is 19.3 Å². The second-order valence-electron chi connectivity index (χ2n) is 6.45. The molecule has 2 atom stereocenters. The molecule has 3 rings (SSSR count).